The molecule has 0 fully saturated rings. The van der Waals surface area contributed by atoms with Gasteiger partial charge in [0.1, 0.15) is 0 Å². The van der Waals surface area contributed by atoms with Gasteiger partial charge in [-0.15, -0.1) is 0 Å². The number of nitrogens with two attached hydrogens (primary N) is 2. The van der Waals surface area contributed by atoms with Crippen molar-refractivity contribution < 1.29 is 0 Å². The Kier molecular flexibility index (Phi) is 2.94. The molecule has 1 aromatic carbocycles. The lowest BCUT2D eigenvalue weighted by atomic mass is 10.2. The Morgan fingerprint density at radius 1 is 1.50 bits per heavy atom. The average Bonchev–Trinajstić information content (AvgIpc) is 2.08. The third-order valence-corrected chi connectivity index (χ3v) is 2.66. The molecule has 3 nitrogen and oxygen atoms in total. The molecule has 0 aliphatic rings. The van der Waals surface area contributed by atoms with Gasteiger partial charge in [0.15, 0.2) is 5.84 Å². The van der Waals surface area contributed by atoms with Gasteiger partial charge in [0.2, 0.25) is 0 Å². The van der Waals surface area contributed by atoms with E-state index in [4.69, 9.17) is 23.2 Å². The lowest BCUT2D eigenvalue weighted by molar-refractivity contribution is 1.23. The van der Waals surface area contributed by atoms with E-state index in [0.717, 1.165) is 4.47 Å². The predicted molar refractivity (Wildman–Crippen MR) is 54.1 cm³/mol. The van der Waals surface area contributed by atoms with E-state index < -0.39 is 0 Å². The molecule has 0 amide bonds. The molecule has 0 atom stereocenters. The van der Waals surface area contributed by atoms with Crippen LogP contribution in [0.4, 0.5) is 0 Å². The molecule has 0 radical (unpaired) electrons. The molecule has 64 valence electrons. The van der Waals surface area contributed by atoms with Gasteiger partial charge in [-0.1, -0.05) is 17.7 Å². The Morgan fingerprint density at radius 2 is 2.17 bits per heavy atom. The van der Waals surface area contributed by atoms with E-state index in [-0.39, 0.29) is 5.84 Å². The fourth-order valence-corrected chi connectivity index (χ4v) is 1.36. The van der Waals surface area contributed by atoms with Crippen molar-refractivity contribution in [3.8, 4) is 0 Å². The van der Waals surface area contributed by atoms with Gasteiger partial charge < -0.3 is 11.6 Å². The Balaban J connectivity index is 3.26. The van der Waals surface area contributed by atoms with Crippen LogP contribution >= 0.6 is 27.5 Å². The fourth-order valence-electron chi connectivity index (χ4n) is 0.771. The van der Waals surface area contributed by atoms with Gasteiger partial charge in [-0.3, -0.25) is 0 Å². The van der Waals surface area contributed by atoms with Gasteiger partial charge in [0.05, 0.1) is 5.02 Å². The highest BCUT2D eigenvalue weighted by Gasteiger charge is 2.06. The first kappa shape index (κ1) is 9.35. The van der Waals surface area contributed by atoms with Crippen molar-refractivity contribution in [2.24, 2.45) is 16.7 Å². The largest absolute Gasteiger partial charge is 0.382 e. The minimum atomic E-state index is 0.223. The second kappa shape index (κ2) is 3.78. The van der Waals surface area contributed by atoms with E-state index in [0.29, 0.717) is 10.6 Å². The molecular formula is C7H7BrClN3. The summed E-state index contributed by atoms with van der Waals surface area (Å²) in [7, 11) is 0. The molecule has 4 N–H and O–H groups in total. The zero-order valence-corrected chi connectivity index (χ0v) is 8.43. The van der Waals surface area contributed by atoms with E-state index in [1.54, 1.807) is 6.07 Å². The third kappa shape index (κ3) is 1.70. The Hall–Kier alpha value is -0.740. The van der Waals surface area contributed by atoms with Crippen LogP contribution in [-0.4, -0.2) is 5.84 Å². The van der Waals surface area contributed by atoms with Crippen LogP contribution in [0.1, 0.15) is 5.56 Å². The van der Waals surface area contributed by atoms with E-state index in [9.17, 15) is 0 Å². The van der Waals surface area contributed by atoms with Crippen molar-refractivity contribution in [3.05, 3.63) is 33.3 Å². The highest BCUT2D eigenvalue weighted by atomic mass is 79.9. The summed E-state index contributed by atoms with van der Waals surface area (Å²) in [6.07, 6.45) is 0. The number of hydrogen-bond acceptors (Lipinski definition) is 2. The van der Waals surface area contributed by atoms with Gasteiger partial charge >= 0.3 is 0 Å². The summed E-state index contributed by atoms with van der Waals surface area (Å²) in [4.78, 5) is 0. The van der Waals surface area contributed by atoms with Crippen LogP contribution in [0, 0.1) is 0 Å². The summed E-state index contributed by atoms with van der Waals surface area (Å²) in [6.45, 7) is 0. The van der Waals surface area contributed by atoms with Gasteiger partial charge in [-0.25, -0.2) is 0 Å². The maximum Gasteiger partial charge on any atom is 0.151 e. The second-order valence-electron chi connectivity index (χ2n) is 2.12. The topological polar surface area (TPSA) is 64.4 Å². The van der Waals surface area contributed by atoms with Crippen molar-refractivity contribution in [1.82, 2.24) is 0 Å². The first-order valence-electron chi connectivity index (χ1n) is 3.14. The molecule has 0 aliphatic carbocycles. The van der Waals surface area contributed by atoms with Crippen LogP contribution in [0.2, 0.25) is 5.02 Å². The Morgan fingerprint density at radius 3 is 2.75 bits per heavy atom. The summed E-state index contributed by atoms with van der Waals surface area (Å²) in [5, 5.41) is 3.87. The number of nitrogens with zero attached hydrogens (tertiary/aromatic N) is 1. The Bertz CT molecular complexity index is 324. The van der Waals surface area contributed by atoms with Crippen LogP contribution in [0.3, 0.4) is 0 Å². The van der Waals surface area contributed by atoms with E-state index in [2.05, 4.69) is 21.0 Å². The number of benzene rings is 1. The van der Waals surface area contributed by atoms with Crippen LogP contribution in [0.5, 0.6) is 0 Å². The smallest absolute Gasteiger partial charge is 0.151 e. The third-order valence-electron chi connectivity index (χ3n) is 1.37. The Labute approximate surface area is 83.5 Å². The number of halogens is 2. The van der Waals surface area contributed by atoms with E-state index in [1.165, 1.54) is 0 Å². The van der Waals surface area contributed by atoms with Gasteiger partial charge in [0.25, 0.3) is 0 Å². The molecule has 0 spiro atoms. The summed E-state index contributed by atoms with van der Waals surface area (Å²) < 4.78 is 0.772. The molecule has 1 aromatic rings. The first-order chi connectivity index (χ1) is 5.66. The van der Waals surface area contributed by atoms with Crippen molar-refractivity contribution in [3.63, 3.8) is 0 Å². The fraction of sp³-hybridized carbons (Fsp3) is 0. The second-order valence-corrected chi connectivity index (χ2v) is 3.35. The molecule has 0 saturated carbocycles. The molecule has 0 heterocycles. The molecule has 5 heteroatoms. The molecule has 0 bridgehead atoms. The highest BCUT2D eigenvalue weighted by Crippen LogP contribution is 2.25. The first-order valence-corrected chi connectivity index (χ1v) is 4.31. The van der Waals surface area contributed by atoms with Gasteiger partial charge in [-0.2, -0.15) is 5.10 Å². The van der Waals surface area contributed by atoms with E-state index >= 15 is 0 Å². The molecule has 0 saturated heterocycles. The van der Waals surface area contributed by atoms with Crippen LogP contribution in [0.25, 0.3) is 0 Å². The maximum atomic E-state index is 5.90. The maximum absolute atomic E-state index is 5.90. The zero-order chi connectivity index (χ0) is 9.14. The summed E-state index contributed by atoms with van der Waals surface area (Å²) >= 11 is 9.16. The quantitative estimate of drug-likeness (QED) is 0.344. The molecule has 0 aromatic heterocycles. The number of hydrogen-bond donors (Lipinski definition) is 2. The molecule has 0 unspecified atom stereocenters. The average molecular weight is 249 g/mol. The summed E-state index contributed by atoms with van der Waals surface area (Å²) in [5.41, 5.74) is 6.12. The minimum Gasteiger partial charge on any atom is -0.382 e. The lowest BCUT2D eigenvalue weighted by Crippen LogP contribution is -2.15. The lowest BCUT2D eigenvalue weighted by Gasteiger charge is -2.02. The van der Waals surface area contributed by atoms with Crippen molar-refractivity contribution in [1.29, 1.82) is 0 Å². The van der Waals surface area contributed by atoms with Crippen molar-refractivity contribution in [2.45, 2.75) is 0 Å². The molecule has 12 heavy (non-hydrogen) atoms. The van der Waals surface area contributed by atoms with Gasteiger partial charge in [0, 0.05) is 10.0 Å². The standard InChI is InChI=1S/C7H7BrClN3/c8-5-3-1-2-4(6(5)9)7(10)12-11/h1-3H,11H2,(H2,10,12). The van der Waals surface area contributed by atoms with Crippen LogP contribution in [0.15, 0.2) is 27.8 Å². The van der Waals surface area contributed by atoms with Crippen LogP contribution < -0.4 is 11.6 Å². The van der Waals surface area contributed by atoms with Crippen molar-refractivity contribution in [2.75, 3.05) is 0 Å². The molecule has 0 aliphatic heterocycles. The van der Waals surface area contributed by atoms with E-state index in [1.807, 2.05) is 12.1 Å². The van der Waals surface area contributed by atoms with Crippen molar-refractivity contribution >= 4 is 33.4 Å². The number of rotatable bonds is 1. The zero-order valence-electron chi connectivity index (χ0n) is 6.09. The molecule has 1 rings (SSSR count). The predicted octanol–water partition coefficient (Wildman–Crippen LogP) is 1.68. The molecular weight excluding hydrogens is 241 g/mol. The minimum absolute atomic E-state index is 0.223. The number of amidine groups is 1. The highest BCUT2D eigenvalue weighted by molar-refractivity contribution is 9.10. The normalized spacial score (nSPS) is 11.7. The van der Waals surface area contributed by atoms with Gasteiger partial charge in [-0.05, 0) is 28.1 Å². The summed E-state index contributed by atoms with van der Waals surface area (Å²) in [5.74, 6) is 5.24. The number of hydrazone groups is 1. The SMILES string of the molecule is N/N=C(/N)c1cccc(Br)c1Cl. The monoisotopic (exact) mass is 247 g/mol. The summed E-state index contributed by atoms with van der Waals surface area (Å²) in [6, 6.07) is 5.37. The van der Waals surface area contributed by atoms with Crippen LogP contribution in [-0.2, 0) is 0 Å².